The maximum Gasteiger partial charge on any atom is 0.260 e. The largest absolute Gasteiger partial charge is 0.308 e. The molecule has 8 aromatic rings. The first-order valence-electron chi connectivity index (χ1n) is 13.8. The molecule has 5 heteroatoms. The van der Waals surface area contributed by atoms with Crippen molar-refractivity contribution in [2.24, 2.45) is 0 Å². The lowest BCUT2D eigenvalue weighted by atomic mass is 9.98. The predicted molar refractivity (Wildman–Crippen MR) is 173 cm³/mol. The van der Waals surface area contributed by atoms with Crippen molar-refractivity contribution >= 4 is 68.9 Å². The summed E-state index contributed by atoms with van der Waals surface area (Å²) in [6.45, 7) is 0. The van der Waals surface area contributed by atoms with Crippen LogP contribution in [0, 0.1) is 0 Å². The SMILES string of the molecule is O=[PH]1N(c2ccccc2)c2ccc(-c3cc4c5ccccc5n5c6ccccc6c(c3)c45)cc2N1c1ccccc1. The van der Waals surface area contributed by atoms with Crippen LogP contribution >= 0.6 is 8.10 Å². The van der Waals surface area contributed by atoms with Crippen LogP contribution in [-0.4, -0.2) is 4.40 Å². The number of nitrogens with zero attached hydrogens (tertiary/aromatic N) is 3. The van der Waals surface area contributed by atoms with Crippen molar-refractivity contribution in [2.45, 2.75) is 0 Å². The van der Waals surface area contributed by atoms with E-state index in [1.807, 2.05) is 70.0 Å². The third-order valence-corrected chi connectivity index (χ3v) is 10.2. The van der Waals surface area contributed by atoms with E-state index in [-0.39, 0.29) is 0 Å². The number of benzene rings is 6. The standard InChI is InChI=1S/C36H24N3OP/c40-41-38(26-11-3-1-4-12-26)34-20-19-24(23-35(34)39(41)27-13-5-2-6-14-27)25-21-30-28-15-7-9-17-32(28)37-33-18-10-8-16-29(33)31(22-25)36(30)37/h1-23,41H. The van der Waals surface area contributed by atoms with E-state index < -0.39 is 8.10 Å². The van der Waals surface area contributed by atoms with Gasteiger partial charge in [0.25, 0.3) is 8.10 Å². The Hall–Kier alpha value is -5.05. The number of hydrogen-bond donors (Lipinski definition) is 0. The Morgan fingerprint density at radius 3 is 1.54 bits per heavy atom. The Morgan fingerprint density at radius 1 is 0.439 bits per heavy atom. The highest BCUT2D eigenvalue weighted by atomic mass is 31.1. The van der Waals surface area contributed by atoms with Crippen molar-refractivity contribution in [3.05, 3.63) is 140 Å². The van der Waals surface area contributed by atoms with Crippen molar-refractivity contribution in [3.8, 4) is 11.1 Å². The second kappa shape index (κ2) is 8.47. The average molecular weight is 546 g/mol. The van der Waals surface area contributed by atoms with Gasteiger partial charge < -0.3 is 4.40 Å². The molecule has 0 bridgehead atoms. The minimum absolute atomic E-state index is 0.930. The van der Waals surface area contributed by atoms with Crippen LogP contribution in [0.25, 0.3) is 49.2 Å². The van der Waals surface area contributed by atoms with Gasteiger partial charge in [-0.1, -0.05) is 78.9 Å². The van der Waals surface area contributed by atoms with E-state index in [1.54, 1.807) is 0 Å². The zero-order valence-corrected chi connectivity index (χ0v) is 23.0. The number of aromatic nitrogens is 1. The molecule has 0 saturated heterocycles. The molecule has 3 heterocycles. The van der Waals surface area contributed by atoms with Crippen molar-refractivity contribution < 1.29 is 4.57 Å². The zero-order chi connectivity index (χ0) is 27.1. The maximum absolute atomic E-state index is 14.2. The summed E-state index contributed by atoms with van der Waals surface area (Å²) in [4.78, 5) is 0. The average Bonchev–Trinajstić information content (AvgIpc) is 3.65. The molecular formula is C36H24N3OP. The molecule has 2 aromatic heterocycles. The molecule has 1 atom stereocenters. The third kappa shape index (κ3) is 3.14. The summed E-state index contributed by atoms with van der Waals surface area (Å²) >= 11 is 0. The Labute approximate surface area is 237 Å². The second-order valence-electron chi connectivity index (χ2n) is 10.6. The smallest absolute Gasteiger partial charge is 0.260 e. The Balaban J connectivity index is 1.31. The zero-order valence-electron chi connectivity index (χ0n) is 22.0. The van der Waals surface area contributed by atoms with Crippen LogP contribution in [-0.2, 0) is 4.57 Å². The molecule has 0 N–H and O–H groups in total. The molecule has 0 radical (unpaired) electrons. The Bertz CT molecular complexity index is 2210. The van der Waals surface area contributed by atoms with E-state index in [4.69, 9.17) is 0 Å². The summed E-state index contributed by atoms with van der Waals surface area (Å²) in [6.07, 6.45) is 0. The summed E-state index contributed by atoms with van der Waals surface area (Å²) in [5.74, 6) is 0. The number of hydrogen-bond acceptors (Lipinski definition) is 1. The van der Waals surface area contributed by atoms with Crippen LogP contribution in [0.4, 0.5) is 22.7 Å². The van der Waals surface area contributed by atoms with Crippen molar-refractivity contribution in [2.75, 3.05) is 9.34 Å². The van der Waals surface area contributed by atoms with Crippen molar-refractivity contribution in [1.29, 1.82) is 0 Å². The molecule has 0 aliphatic carbocycles. The van der Waals surface area contributed by atoms with Crippen LogP contribution in [0.5, 0.6) is 0 Å². The number of anilines is 4. The molecule has 4 nitrogen and oxygen atoms in total. The molecule has 194 valence electrons. The van der Waals surface area contributed by atoms with E-state index in [0.29, 0.717) is 0 Å². The van der Waals surface area contributed by atoms with Gasteiger partial charge in [0.2, 0.25) is 0 Å². The van der Waals surface area contributed by atoms with Gasteiger partial charge in [0, 0.05) is 32.9 Å². The fraction of sp³-hybridized carbons (Fsp3) is 0. The third-order valence-electron chi connectivity index (χ3n) is 8.41. The van der Waals surface area contributed by atoms with Crippen LogP contribution < -0.4 is 9.34 Å². The first kappa shape index (κ1) is 22.7. The van der Waals surface area contributed by atoms with E-state index in [1.165, 1.54) is 38.1 Å². The summed E-state index contributed by atoms with van der Waals surface area (Å²) in [5.41, 5.74) is 9.76. The van der Waals surface area contributed by atoms with Crippen LogP contribution in [0.1, 0.15) is 0 Å². The van der Waals surface area contributed by atoms with Gasteiger partial charge in [0.15, 0.2) is 0 Å². The fourth-order valence-corrected chi connectivity index (χ4v) is 8.37. The fourth-order valence-electron chi connectivity index (χ4n) is 6.65. The first-order chi connectivity index (χ1) is 20.3. The van der Waals surface area contributed by atoms with E-state index >= 15 is 0 Å². The normalized spacial score (nSPS) is 15.1. The van der Waals surface area contributed by atoms with E-state index in [2.05, 4.69) is 83.3 Å². The van der Waals surface area contributed by atoms with E-state index in [0.717, 1.165) is 33.9 Å². The van der Waals surface area contributed by atoms with Crippen molar-refractivity contribution in [1.82, 2.24) is 4.40 Å². The highest BCUT2D eigenvalue weighted by Crippen LogP contribution is 2.60. The summed E-state index contributed by atoms with van der Waals surface area (Å²) in [6, 6.07) is 48.6. The Kier molecular flexibility index (Phi) is 4.70. The van der Waals surface area contributed by atoms with Gasteiger partial charge in [-0.3, -0.25) is 13.9 Å². The molecular weight excluding hydrogens is 521 g/mol. The summed E-state index contributed by atoms with van der Waals surface area (Å²) in [5, 5.41) is 5.02. The van der Waals surface area contributed by atoms with Crippen LogP contribution in [0.3, 0.4) is 0 Å². The second-order valence-corrected chi connectivity index (χ2v) is 12.1. The van der Waals surface area contributed by atoms with Crippen LogP contribution in [0.2, 0.25) is 0 Å². The Morgan fingerprint density at radius 2 is 0.951 bits per heavy atom. The number of rotatable bonds is 3. The number of fused-ring (bicyclic) bond motifs is 7. The first-order valence-corrected chi connectivity index (χ1v) is 15.1. The lowest BCUT2D eigenvalue weighted by Crippen LogP contribution is -2.07. The molecule has 1 aliphatic heterocycles. The molecule has 0 saturated carbocycles. The summed E-state index contributed by atoms with van der Waals surface area (Å²) < 4.78 is 20.6. The van der Waals surface area contributed by atoms with Gasteiger partial charge >= 0.3 is 0 Å². The minimum atomic E-state index is -2.38. The minimum Gasteiger partial charge on any atom is -0.308 e. The predicted octanol–water partition coefficient (Wildman–Crippen LogP) is 10.2. The summed E-state index contributed by atoms with van der Waals surface area (Å²) in [7, 11) is -2.38. The molecule has 0 spiro atoms. The van der Waals surface area contributed by atoms with Gasteiger partial charge in [0.1, 0.15) is 0 Å². The molecule has 1 aliphatic rings. The lowest BCUT2D eigenvalue weighted by Gasteiger charge is -2.21. The molecule has 0 fully saturated rings. The maximum atomic E-state index is 14.2. The van der Waals surface area contributed by atoms with Crippen LogP contribution in [0.15, 0.2) is 140 Å². The molecule has 6 aromatic carbocycles. The molecule has 0 amide bonds. The monoisotopic (exact) mass is 545 g/mol. The van der Waals surface area contributed by atoms with E-state index in [9.17, 15) is 4.57 Å². The topological polar surface area (TPSA) is 28.0 Å². The highest BCUT2D eigenvalue weighted by molar-refractivity contribution is 7.50. The van der Waals surface area contributed by atoms with Gasteiger partial charge in [-0.25, -0.2) is 0 Å². The highest BCUT2D eigenvalue weighted by Gasteiger charge is 2.35. The van der Waals surface area contributed by atoms with Gasteiger partial charge in [0.05, 0.1) is 27.9 Å². The lowest BCUT2D eigenvalue weighted by molar-refractivity contribution is 0.589. The molecule has 1 unspecified atom stereocenters. The van der Waals surface area contributed by atoms with Gasteiger partial charge in [-0.2, -0.15) is 0 Å². The van der Waals surface area contributed by atoms with Gasteiger partial charge in [-0.15, -0.1) is 0 Å². The molecule has 41 heavy (non-hydrogen) atoms. The number of para-hydroxylation sites is 4. The van der Waals surface area contributed by atoms with Crippen molar-refractivity contribution in [3.63, 3.8) is 0 Å². The molecule has 9 rings (SSSR count). The quantitative estimate of drug-likeness (QED) is 0.207. The van der Waals surface area contributed by atoms with Gasteiger partial charge in [-0.05, 0) is 71.8 Å².